The van der Waals surface area contributed by atoms with E-state index in [4.69, 9.17) is 4.74 Å². The first-order valence-corrected chi connectivity index (χ1v) is 9.61. The highest BCUT2D eigenvalue weighted by atomic mass is 19.3. The smallest absolute Gasteiger partial charge is 0.387 e. The van der Waals surface area contributed by atoms with E-state index in [9.17, 15) is 18.4 Å². The summed E-state index contributed by atoms with van der Waals surface area (Å²) in [5.74, 6) is -0.236. The third-order valence-corrected chi connectivity index (χ3v) is 5.25. The van der Waals surface area contributed by atoms with Crippen molar-refractivity contribution in [3.8, 4) is 17.6 Å². The molecule has 1 aliphatic rings. The third kappa shape index (κ3) is 4.14. The van der Waals surface area contributed by atoms with Gasteiger partial charge in [0.25, 0.3) is 0 Å². The van der Waals surface area contributed by atoms with Crippen molar-refractivity contribution in [3.63, 3.8) is 0 Å². The average molecular weight is 428 g/mol. The Bertz CT molecular complexity index is 1140. The second kappa shape index (κ2) is 8.60. The summed E-state index contributed by atoms with van der Waals surface area (Å²) in [5.41, 5.74) is 2.30. The Balaban J connectivity index is 1.62. The number of pyridine rings is 1. The summed E-state index contributed by atoms with van der Waals surface area (Å²) in [7, 11) is 1.42. The van der Waals surface area contributed by atoms with Crippen LogP contribution in [0.25, 0.3) is 10.9 Å². The molecule has 0 saturated carbocycles. The molecule has 2 aromatic carbocycles. The maximum Gasteiger partial charge on any atom is 0.387 e. The van der Waals surface area contributed by atoms with Gasteiger partial charge in [-0.25, -0.2) is 4.39 Å². The van der Waals surface area contributed by atoms with Gasteiger partial charge in [-0.05, 0) is 30.3 Å². The highest BCUT2D eigenvalue weighted by molar-refractivity contribution is 5.95. The van der Waals surface area contributed by atoms with Crippen molar-refractivity contribution in [3.05, 3.63) is 54.0 Å². The molecule has 31 heavy (non-hydrogen) atoms. The molecule has 0 aliphatic carbocycles. The van der Waals surface area contributed by atoms with Crippen molar-refractivity contribution in [2.24, 2.45) is 0 Å². The lowest BCUT2D eigenvalue weighted by molar-refractivity contribution is -0.0497. The van der Waals surface area contributed by atoms with Gasteiger partial charge in [-0.3, -0.25) is 4.98 Å². The van der Waals surface area contributed by atoms with Gasteiger partial charge >= 0.3 is 6.61 Å². The van der Waals surface area contributed by atoms with Gasteiger partial charge in [0.15, 0.2) is 11.6 Å². The molecule has 0 bridgehead atoms. The van der Waals surface area contributed by atoms with Gasteiger partial charge in [-0.1, -0.05) is 0 Å². The van der Waals surface area contributed by atoms with E-state index in [1.165, 1.54) is 31.5 Å². The molecule has 1 aromatic heterocycles. The number of alkyl halides is 2. The molecular formula is C22H19F3N4O2. The monoisotopic (exact) mass is 428 g/mol. The molecule has 3 aromatic rings. The molecule has 9 heteroatoms. The number of aromatic nitrogens is 1. The van der Waals surface area contributed by atoms with Crippen molar-refractivity contribution in [1.29, 1.82) is 5.26 Å². The maximum absolute atomic E-state index is 14.1. The van der Waals surface area contributed by atoms with Gasteiger partial charge < -0.3 is 19.3 Å². The van der Waals surface area contributed by atoms with Gasteiger partial charge in [0.05, 0.1) is 23.9 Å². The first-order valence-electron chi connectivity index (χ1n) is 9.61. The number of hydrogen-bond donors (Lipinski definition) is 0. The highest BCUT2D eigenvalue weighted by Gasteiger charge is 2.23. The lowest BCUT2D eigenvalue weighted by Gasteiger charge is -2.38. The van der Waals surface area contributed by atoms with Crippen LogP contribution in [0.1, 0.15) is 5.56 Å². The standard InChI is InChI=1S/C22H19F3N4O2/c1-30-20-5-2-15(10-18(20)23)28-6-8-29(9-7-28)21-14(12-26)13-27-19-4-3-16(11-17(19)21)31-22(24)25/h2-5,10-11,13,22H,6-9H2,1H3. The van der Waals surface area contributed by atoms with Crippen molar-refractivity contribution in [2.45, 2.75) is 6.61 Å². The summed E-state index contributed by atoms with van der Waals surface area (Å²) in [6, 6.07) is 11.5. The van der Waals surface area contributed by atoms with Crippen LogP contribution in [-0.4, -0.2) is 44.9 Å². The van der Waals surface area contributed by atoms with E-state index in [0.717, 1.165) is 5.69 Å². The molecule has 0 spiro atoms. The second-order valence-corrected chi connectivity index (χ2v) is 6.98. The minimum atomic E-state index is -2.94. The first-order chi connectivity index (χ1) is 15.0. The van der Waals surface area contributed by atoms with Crippen LogP contribution in [0, 0.1) is 17.1 Å². The third-order valence-electron chi connectivity index (χ3n) is 5.25. The van der Waals surface area contributed by atoms with Gasteiger partial charge in [-0.15, -0.1) is 0 Å². The molecule has 2 heterocycles. The molecule has 0 radical (unpaired) electrons. The average Bonchev–Trinajstić information content (AvgIpc) is 2.78. The summed E-state index contributed by atoms with van der Waals surface area (Å²) in [5, 5.41) is 10.2. The Hall–Kier alpha value is -3.67. The first kappa shape index (κ1) is 20.6. The van der Waals surface area contributed by atoms with Crippen LogP contribution in [-0.2, 0) is 0 Å². The number of nitriles is 1. The van der Waals surface area contributed by atoms with E-state index in [1.807, 2.05) is 9.80 Å². The zero-order chi connectivity index (χ0) is 22.0. The molecule has 0 N–H and O–H groups in total. The number of benzene rings is 2. The number of methoxy groups -OCH3 is 1. The summed E-state index contributed by atoms with van der Waals surface area (Å²) >= 11 is 0. The number of nitrogens with zero attached hydrogens (tertiary/aromatic N) is 4. The van der Waals surface area contributed by atoms with Gasteiger partial charge in [0.2, 0.25) is 0 Å². The van der Waals surface area contributed by atoms with Crippen LogP contribution in [0.15, 0.2) is 42.6 Å². The Kier molecular flexibility index (Phi) is 5.71. The van der Waals surface area contributed by atoms with Crippen LogP contribution < -0.4 is 19.3 Å². The zero-order valence-corrected chi connectivity index (χ0v) is 16.7. The minimum Gasteiger partial charge on any atom is -0.494 e. The predicted molar refractivity (Wildman–Crippen MR) is 110 cm³/mol. The molecule has 6 nitrogen and oxygen atoms in total. The molecule has 1 saturated heterocycles. The summed E-state index contributed by atoms with van der Waals surface area (Å²) < 4.78 is 48.9. The number of ether oxygens (including phenoxy) is 2. The zero-order valence-electron chi connectivity index (χ0n) is 16.7. The Morgan fingerprint density at radius 1 is 1.06 bits per heavy atom. The van der Waals surface area contributed by atoms with Crippen LogP contribution >= 0.6 is 0 Å². The fourth-order valence-electron chi connectivity index (χ4n) is 3.80. The normalized spacial score (nSPS) is 14.1. The van der Waals surface area contributed by atoms with E-state index in [2.05, 4.69) is 15.8 Å². The van der Waals surface area contributed by atoms with E-state index in [-0.39, 0.29) is 11.5 Å². The van der Waals surface area contributed by atoms with Crippen molar-refractivity contribution < 1.29 is 22.6 Å². The van der Waals surface area contributed by atoms with Crippen LogP contribution in [0.3, 0.4) is 0 Å². The van der Waals surface area contributed by atoms with Gasteiger partial charge in [-0.2, -0.15) is 14.0 Å². The van der Waals surface area contributed by atoms with E-state index in [1.54, 1.807) is 18.2 Å². The number of hydrogen-bond acceptors (Lipinski definition) is 6. The van der Waals surface area contributed by atoms with Crippen LogP contribution in [0.2, 0.25) is 0 Å². The number of fused-ring (bicyclic) bond motifs is 1. The summed E-state index contributed by atoms with van der Waals surface area (Å²) in [6.07, 6.45) is 1.48. The van der Waals surface area contributed by atoms with Crippen molar-refractivity contribution in [1.82, 2.24) is 4.98 Å². The molecule has 1 aliphatic heterocycles. The fourth-order valence-corrected chi connectivity index (χ4v) is 3.80. The van der Waals surface area contributed by atoms with E-state index in [0.29, 0.717) is 48.3 Å². The quantitative estimate of drug-likeness (QED) is 0.608. The van der Waals surface area contributed by atoms with Crippen LogP contribution in [0.5, 0.6) is 11.5 Å². The van der Waals surface area contributed by atoms with Crippen LogP contribution in [0.4, 0.5) is 24.5 Å². The number of piperazine rings is 1. The summed E-state index contributed by atoms with van der Waals surface area (Å²) in [6.45, 7) is -0.647. The van der Waals surface area contributed by atoms with Gasteiger partial charge in [0, 0.05) is 49.5 Å². The Morgan fingerprint density at radius 3 is 2.45 bits per heavy atom. The number of rotatable bonds is 5. The largest absolute Gasteiger partial charge is 0.494 e. The maximum atomic E-state index is 14.1. The number of halogens is 3. The second-order valence-electron chi connectivity index (χ2n) is 6.98. The Morgan fingerprint density at radius 2 is 1.81 bits per heavy atom. The molecule has 1 fully saturated rings. The van der Waals surface area contributed by atoms with Gasteiger partial charge in [0.1, 0.15) is 11.8 Å². The lowest BCUT2D eigenvalue weighted by atomic mass is 10.1. The highest BCUT2D eigenvalue weighted by Crippen LogP contribution is 2.34. The molecule has 0 amide bonds. The topological polar surface area (TPSA) is 61.6 Å². The van der Waals surface area contributed by atoms with Crippen molar-refractivity contribution in [2.75, 3.05) is 43.1 Å². The minimum absolute atomic E-state index is 0.00739. The SMILES string of the molecule is COc1ccc(N2CCN(c3c(C#N)cnc4ccc(OC(F)F)cc34)CC2)cc1F. The summed E-state index contributed by atoms with van der Waals surface area (Å²) in [4.78, 5) is 8.32. The van der Waals surface area contributed by atoms with Crippen molar-refractivity contribution >= 4 is 22.3 Å². The van der Waals surface area contributed by atoms with E-state index < -0.39 is 12.4 Å². The molecule has 0 unspecified atom stereocenters. The molecule has 4 rings (SSSR count). The Labute approximate surface area is 177 Å². The lowest BCUT2D eigenvalue weighted by Crippen LogP contribution is -2.46. The predicted octanol–water partition coefficient (Wildman–Crippen LogP) is 4.18. The number of anilines is 2. The molecular weight excluding hydrogens is 409 g/mol. The molecule has 160 valence electrons. The molecule has 0 atom stereocenters. The fraction of sp³-hybridized carbons (Fsp3) is 0.273. The van der Waals surface area contributed by atoms with E-state index >= 15 is 0 Å².